The van der Waals surface area contributed by atoms with Gasteiger partial charge >= 0.3 is 0 Å². The van der Waals surface area contributed by atoms with Gasteiger partial charge in [-0.3, -0.25) is 14.9 Å². The van der Waals surface area contributed by atoms with Crippen LogP contribution in [0.2, 0.25) is 0 Å². The number of amides is 1. The molecule has 0 bridgehead atoms. The lowest BCUT2D eigenvalue weighted by molar-refractivity contribution is -0.119. The van der Waals surface area contributed by atoms with Gasteiger partial charge in [0, 0.05) is 31.1 Å². The molecule has 1 atom stereocenters. The van der Waals surface area contributed by atoms with E-state index >= 15 is 0 Å². The summed E-state index contributed by atoms with van der Waals surface area (Å²) in [6, 6.07) is 3.70. The molecule has 2 aromatic heterocycles. The molecule has 0 saturated carbocycles. The number of aromatic nitrogens is 4. The summed E-state index contributed by atoms with van der Waals surface area (Å²) in [5, 5.41) is 10.4. The molecule has 0 aromatic carbocycles. The second kappa shape index (κ2) is 7.37. The number of hydrogen-bond donors (Lipinski definition) is 2. The first-order valence-corrected chi connectivity index (χ1v) is 8.14. The van der Waals surface area contributed by atoms with Crippen LogP contribution in [-0.4, -0.2) is 51.1 Å². The van der Waals surface area contributed by atoms with Crippen LogP contribution in [0, 0.1) is 0 Å². The Labute approximate surface area is 132 Å². The molecular weight excluding hydrogens is 302 g/mol. The average Bonchev–Trinajstić information content (AvgIpc) is 3.23. The number of hydrogen-bond acceptors (Lipinski definition) is 6. The van der Waals surface area contributed by atoms with Crippen molar-refractivity contribution in [1.82, 2.24) is 25.5 Å². The minimum Gasteiger partial charge on any atom is -0.376 e. The summed E-state index contributed by atoms with van der Waals surface area (Å²) in [7, 11) is 0. The van der Waals surface area contributed by atoms with Gasteiger partial charge in [-0.25, -0.2) is 4.98 Å². The smallest absolute Gasteiger partial charge is 0.230 e. The highest BCUT2D eigenvalue weighted by atomic mass is 32.2. The third kappa shape index (κ3) is 4.05. The molecule has 1 aliphatic rings. The van der Waals surface area contributed by atoms with Crippen molar-refractivity contribution in [2.75, 3.05) is 18.9 Å². The Bertz CT molecular complexity index is 613. The van der Waals surface area contributed by atoms with Crippen LogP contribution in [0.4, 0.5) is 0 Å². The van der Waals surface area contributed by atoms with Crippen molar-refractivity contribution in [2.45, 2.75) is 24.1 Å². The van der Waals surface area contributed by atoms with Gasteiger partial charge in [-0.05, 0) is 25.0 Å². The molecule has 0 unspecified atom stereocenters. The predicted octanol–water partition coefficient (Wildman–Crippen LogP) is 1.25. The fourth-order valence-electron chi connectivity index (χ4n) is 2.16. The predicted molar refractivity (Wildman–Crippen MR) is 82.3 cm³/mol. The summed E-state index contributed by atoms with van der Waals surface area (Å²) >= 11 is 1.30. The van der Waals surface area contributed by atoms with Gasteiger partial charge in [0.25, 0.3) is 0 Å². The quantitative estimate of drug-likeness (QED) is 0.779. The maximum absolute atomic E-state index is 11.8. The van der Waals surface area contributed by atoms with Crippen molar-refractivity contribution in [3.8, 4) is 11.4 Å². The Hall–Kier alpha value is -1.93. The Morgan fingerprint density at radius 1 is 1.45 bits per heavy atom. The molecule has 7 nitrogen and oxygen atoms in total. The molecule has 2 aromatic rings. The third-order valence-electron chi connectivity index (χ3n) is 3.30. The van der Waals surface area contributed by atoms with Gasteiger partial charge in [0.05, 0.1) is 11.9 Å². The first kappa shape index (κ1) is 15.0. The maximum atomic E-state index is 11.8. The number of carbonyl (C=O) groups excluding carboxylic acids is 1. The van der Waals surface area contributed by atoms with Crippen molar-refractivity contribution >= 4 is 17.7 Å². The van der Waals surface area contributed by atoms with Gasteiger partial charge in [-0.1, -0.05) is 11.8 Å². The second-order valence-electron chi connectivity index (χ2n) is 4.93. The number of rotatable bonds is 6. The van der Waals surface area contributed by atoms with Gasteiger partial charge in [0.2, 0.25) is 11.1 Å². The van der Waals surface area contributed by atoms with Crippen LogP contribution in [0.5, 0.6) is 0 Å². The van der Waals surface area contributed by atoms with Crippen molar-refractivity contribution in [3.63, 3.8) is 0 Å². The Kier molecular flexibility index (Phi) is 5.02. The van der Waals surface area contributed by atoms with E-state index in [2.05, 4.69) is 25.5 Å². The highest BCUT2D eigenvalue weighted by molar-refractivity contribution is 7.99. The summed E-state index contributed by atoms with van der Waals surface area (Å²) in [5.74, 6) is 0.931. The highest BCUT2D eigenvalue weighted by Crippen LogP contribution is 2.18. The summed E-state index contributed by atoms with van der Waals surface area (Å²) in [4.78, 5) is 20.1. The van der Waals surface area contributed by atoms with E-state index in [-0.39, 0.29) is 12.0 Å². The number of thioether (sulfide) groups is 1. The molecule has 2 N–H and O–H groups in total. The number of pyridine rings is 1. The standard InChI is InChI=1S/C14H17N5O2S/c20-12(16-8-11-2-1-7-21-11)9-22-14-17-13(18-19-14)10-3-5-15-6-4-10/h3-6,11H,1-2,7-9H2,(H,16,20)(H,17,18,19)/t11-/m1/s1. The van der Waals surface area contributed by atoms with Gasteiger partial charge in [0.1, 0.15) is 0 Å². The average molecular weight is 319 g/mol. The lowest BCUT2D eigenvalue weighted by Crippen LogP contribution is -2.32. The second-order valence-corrected chi connectivity index (χ2v) is 5.87. The van der Waals surface area contributed by atoms with Crippen LogP contribution in [-0.2, 0) is 9.53 Å². The summed E-state index contributed by atoms with van der Waals surface area (Å²) in [6.45, 7) is 1.37. The molecule has 0 spiro atoms. The van der Waals surface area contributed by atoms with E-state index in [0.29, 0.717) is 23.3 Å². The molecule has 0 radical (unpaired) electrons. The monoisotopic (exact) mass is 319 g/mol. The molecule has 1 saturated heterocycles. The zero-order valence-corrected chi connectivity index (χ0v) is 12.8. The van der Waals surface area contributed by atoms with Gasteiger partial charge in [-0.15, -0.1) is 5.10 Å². The molecule has 1 aliphatic heterocycles. The first-order valence-electron chi connectivity index (χ1n) is 7.15. The Morgan fingerprint density at radius 3 is 3.09 bits per heavy atom. The molecule has 8 heteroatoms. The third-order valence-corrected chi connectivity index (χ3v) is 4.15. The number of aromatic amines is 1. The van der Waals surface area contributed by atoms with Gasteiger partial charge in [-0.2, -0.15) is 0 Å². The molecule has 116 valence electrons. The molecule has 3 rings (SSSR count). The molecule has 0 aliphatic carbocycles. The summed E-state index contributed by atoms with van der Waals surface area (Å²) in [6.07, 6.45) is 5.65. The van der Waals surface area contributed by atoms with E-state index in [1.807, 2.05) is 12.1 Å². The minimum absolute atomic E-state index is 0.0317. The van der Waals surface area contributed by atoms with Gasteiger partial charge < -0.3 is 10.1 Å². The van der Waals surface area contributed by atoms with Crippen LogP contribution in [0.25, 0.3) is 11.4 Å². The van der Waals surface area contributed by atoms with Crippen molar-refractivity contribution < 1.29 is 9.53 Å². The number of ether oxygens (including phenoxy) is 1. The fraction of sp³-hybridized carbons (Fsp3) is 0.429. The van der Waals surface area contributed by atoms with Crippen LogP contribution >= 0.6 is 11.8 Å². The van der Waals surface area contributed by atoms with E-state index in [1.165, 1.54) is 11.8 Å². The van der Waals surface area contributed by atoms with Crippen molar-refractivity contribution in [1.29, 1.82) is 0 Å². The lowest BCUT2D eigenvalue weighted by atomic mass is 10.2. The SMILES string of the molecule is O=C(CSc1n[nH]c(-c2ccncc2)n1)NC[C@H]1CCCO1. The highest BCUT2D eigenvalue weighted by Gasteiger charge is 2.16. The Morgan fingerprint density at radius 2 is 2.32 bits per heavy atom. The van der Waals surface area contributed by atoms with E-state index in [9.17, 15) is 4.79 Å². The molecular formula is C14H17N5O2S. The summed E-state index contributed by atoms with van der Waals surface area (Å²) in [5.41, 5.74) is 0.914. The fourth-order valence-corrected chi connectivity index (χ4v) is 2.79. The van der Waals surface area contributed by atoms with E-state index < -0.39 is 0 Å². The van der Waals surface area contributed by atoms with E-state index in [0.717, 1.165) is 25.0 Å². The zero-order valence-electron chi connectivity index (χ0n) is 12.0. The van der Waals surface area contributed by atoms with E-state index in [1.54, 1.807) is 12.4 Å². The van der Waals surface area contributed by atoms with Crippen molar-refractivity contribution in [2.24, 2.45) is 0 Å². The number of nitrogens with zero attached hydrogens (tertiary/aromatic N) is 3. The number of carbonyl (C=O) groups is 1. The zero-order chi connectivity index (χ0) is 15.2. The van der Waals surface area contributed by atoms with Crippen LogP contribution in [0.1, 0.15) is 12.8 Å². The number of nitrogens with one attached hydrogen (secondary N) is 2. The number of H-pyrrole nitrogens is 1. The molecule has 22 heavy (non-hydrogen) atoms. The van der Waals surface area contributed by atoms with Crippen LogP contribution in [0.3, 0.4) is 0 Å². The largest absolute Gasteiger partial charge is 0.376 e. The van der Waals surface area contributed by atoms with Crippen LogP contribution < -0.4 is 5.32 Å². The van der Waals surface area contributed by atoms with Gasteiger partial charge in [0.15, 0.2) is 5.82 Å². The maximum Gasteiger partial charge on any atom is 0.230 e. The Balaban J connectivity index is 1.45. The summed E-state index contributed by atoms with van der Waals surface area (Å²) < 4.78 is 5.46. The van der Waals surface area contributed by atoms with Crippen LogP contribution in [0.15, 0.2) is 29.7 Å². The lowest BCUT2D eigenvalue weighted by Gasteiger charge is -2.09. The topological polar surface area (TPSA) is 92.8 Å². The first-order chi connectivity index (χ1) is 10.8. The van der Waals surface area contributed by atoms with E-state index in [4.69, 9.17) is 4.74 Å². The van der Waals surface area contributed by atoms with Crippen molar-refractivity contribution in [3.05, 3.63) is 24.5 Å². The molecule has 1 amide bonds. The molecule has 3 heterocycles. The molecule has 1 fully saturated rings. The normalized spacial score (nSPS) is 17.5. The minimum atomic E-state index is -0.0317.